The average molecular weight is 284 g/mol. The van der Waals surface area contributed by atoms with E-state index in [1.165, 1.54) is 5.56 Å². The Hall–Kier alpha value is -2.36. The lowest BCUT2D eigenvalue weighted by molar-refractivity contribution is 0.0696. The molecule has 0 aliphatic heterocycles. The van der Waals surface area contributed by atoms with Crippen LogP contribution in [0.25, 0.3) is 0 Å². The van der Waals surface area contributed by atoms with Crippen molar-refractivity contribution in [3.05, 3.63) is 53.2 Å². The standard InChI is InChI=1S/C17H20N2O2/c1-11-5-7-13(8-6-11)18-15-10-12(16(20)21)9-14(19-15)17(2,3)4/h5-10H,1-4H3,(H,18,19)(H,20,21). The predicted octanol–water partition coefficient (Wildman–Crippen LogP) is 4.13. The average Bonchev–Trinajstić information content (AvgIpc) is 2.40. The molecule has 0 spiro atoms. The molecule has 0 saturated heterocycles. The Bertz CT molecular complexity index is 655. The third-order valence-corrected chi connectivity index (χ3v) is 3.16. The fourth-order valence-corrected chi connectivity index (χ4v) is 1.89. The van der Waals surface area contributed by atoms with Crippen molar-refractivity contribution in [2.24, 2.45) is 0 Å². The van der Waals surface area contributed by atoms with Crippen LogP contribution in [0.15, 0.2) is 36.4 Å². The zero-order valence-corrected chi connectivity index (χ0v) is 12.8. The van der Waals surface area contributed by atoms with E-state index in [0.717, 1.165) is 11.4 Å². The molecule has 1 aromatic heterocycles. The van der Waals surface area contributed by atoms with E-state index in [4.69, 9.17) is 0 Å². The van der Waals surface area contributed by atoms with E-state index in [0.29, 0.717) is 5.82 Å². The SMILES string of the molecule is Cc1ccc(Nc2cc(C(=O)O)cc(C(C)(C)C)n2)cc1. The summed E-state index contributed by atoms with van der Waals surface area (Å²) < 4.78 is 0. The van der Waals surface area contributed by atoms with E-state index >= 15 is 0 Å². The van der Waals surface area contributed by atoms with Crippen LogP contribution in [0.4, 0.5) is 11.5 Å². The van der Waals surface area contributed by atoms with Crippen molar-refractivity contribution >= 4 is 17.5 Å². The first kappa shape index (κ1) is 15.0. The number of hydrogen-bond donors (Lipinski definition) is 2. The highest BCUT2D eigenvalue weighted by Gasteiger charge is 2.19. The number of hydrogen-bond acceptors (Lipinski definition) is 3. The molecule has 0 aliphatic rings. The molecule has 0 fully saturated rings. The molecule has 1 heterocycles. The van der Waals surface area contributed by atoms with Crippen molar-refractivity contribution in [2.45, 2.75) is 33.1 Å². The number of carbonyl (C=O) groups is 1. The summed E-state index contributed by atoms with van der Waals surface area (Å²) in [6, 6.07) is 11.1. The first-order valence-electron chi connectivity index (χ1n) is 6.85. The Labute approximate surface area is 124 Å². The molecule has 2 rings (SSSR count). The van der Waals surface area contributed by atoms with Crippen LogP contribution in [-0.4, -0.2) is 16.1 Å². The van der Waals surface area contributed by atoms with Crippen molar-refractivity contribution < 1.29 is 9.90 Å². The lowest BCUT2D eigenvalue weighted by Gasteiger charge is -2.19. The molecule has 2 N–H and O–H groups in total. The van der Waals surface area contributed by atoms with Crippen LogP contribution < -0.4 is 5.32 Å². The van der Waals surface area contributed by atoms with Crippen molar-refractivity contribution in [1.29, 1.82) is 0 Å². The molecular formula is C17H20N2O2. The molecule has 0 radical (unpaired) electrons. The summed E-state index contributed by atoms with van der Waals surface area (Å²) in [7, 11) is 0. The van der Waals surface area contributed by atoms with Crippen LogP contribution in [0.5, 0.6) is 0 Å². The number of aromatic nitrogens is 1. The Morgan fingerprint density at radius 3 is 2.29 bits per heavy atom. The molecule has 0 unspecified atom stereocenters. The molecule has 2 aromatic rings. The molecule has 110 valence electrons. The van der Waals surface area contributed by atoms with E-state index in [2.05, 4.69) is 10.3 Å². The van der Waals surface area contributed by atoms with Gasteiger partial charge in [-0.2, -0.15) is 0 Å². The summed E-state index contributed by atoms with van der Waals surface area (Å²) in [6.45, 7) is 8.05. The number of benzene rings is 1. The molecule has 4 nitrogen and oxygen atoms in total. The minimum Gasteiger partial charge on any atom is -0.478 e. The van der Waals surface area contributed by atoms with Gasteiger partial charge in [0.1, 0.15) is 5.82 Å². The van der Waals surface area contributed by atoms with Gasteiger partial charge in [0, 0.05) is 16.8 Å². The van der Waals surface area contributed by atoms with Gasteiger partial charge in [0.25, 0.3) is 0 Å². The molecule has 0 bridgehead atoms. The summed E-state index contributed by atoms with van der Waals surface area (Å²) in [5, 5.41) is 12.4. The van der Waals surface area contributed by atoms with E-state index in [1.54, 1.807) is 12.1 Å². The molecule has 0 amide bonds. The van der Waals surface area contributed by atoms with E-state index in [9.17, 15) is 9.90 Å². The Kier molecular flexibility index (Phi) is 3.98. The van der Waals surface area contributed by atoms with Crippen LogP contribution in [0.2, 0.25) is 0 Å². The number of aryl methyl sites for hydroxylation is 1. The van der Waals surface area contributed by atoms with Gasteiger partial charge < -0.3 is 10.4 Å². The van der Waals surface area contributed by atoms with Gasteiger partial charge in [0.15, 0.2) is 0 Å². The predicted molar refractivity (Wildman–Crippen MR) is 84.4 cm³/mol. The van der Waals surface area contributed by atoms with Crippen molar-refractivity contribution in [3.63, 3.8) is 0 Å². The lowest BCUT2D eigenvalue weighted by Crippen LogP contribution is -2.16. The normalized spacial score (nSPS) is 11.2. The second kappa shape index (κ2) is 5.56. The molecule has 21 heavy (non-hydrogen) atoms. The maximum Gasteiger partial charge on any atom is 0.335 e. The second-order valence-electron chi connectivity index (χ2n) is 6.17. The Balaban J connectivity index is 2.40. The van der Waals surface area contributed by atoms with Crippen LogP contribution in [0.3, 0.4) is 0 Å². The van der Waals surface area contributed by atoms with E-state index < -0.39 is 5.97 Å². The highest BCUT2D eigenvalue weighted by molar-refractivity contribution is 5.89. The maximum atomic E-state index is 11.3. The monoisotopic (exact) mass is 284 g/mol. The number of nitrogens with zero attached hydrogens (tertiary/aromatic N) is 1. The third kappa shape index (κ3) is 3.81. The number of rotatable bonds is 3. The topological polar surface area (TPSA) is 62.2 Å². The van der Waals surface area contributed by atoms with Crippen LogP contribution in [-0.2, 0) is 5.41 Å². The zero-order chi connectivity index (χ0) is 15.6. The summed E-state index contributed by atoms with van der Waals surface area (Å²) in [5.41, 5.74) is 2.83. The molecular weight excluding hydrogens is 264 g/mol. The smallest absolute Gasteiger partial charge is 0.335 e. The summed E-state index contributed by atoms with van der Waals surface area (Å²) in [4.78, 5) is 15.8. The number of carboxylic acids is 1. The zero-order valence-electron chi connectivity index (χ0n) is 12.8. The van der Waals surface area contributed by atoms with Gasteiger partial charge in [-0.25, -0.2) is 9.78 Å². The van der Waals surface area contributed by atoms with Crippen LogP contribution in [0, 0.1) is 6.92 Å². The van der Waals surface area contributed by atoms with Gasteiger partial charge in [0.2, 0.25) is 0 Å². The lowest BCUT2D eigenvalue weighted by atomic mass is 9.91. The van der Waals surface area contributed by atoms with Crippen molar-refractivity contribution in [3.8, 4) is 0 Å². The van der Waals surface area contributed by atoms with Gasteiger partial charge in [-0.1, -0.05) is 38.5 Å². The van der Waals surface area contributed by atoms with E-state index in [-0.39, 0.29) is 11.0 Å². The fraction of sp³-hybridized carbons (Fsp3) is 0.294. The second-order valence-corrected chi connectivity index (χ2v) is 6.17. The van der Waals surface area contributed by atoms with Crippen molar-refractivity contribution in [1.82, 2.24) is 4.98 Å². The number of carboxylic acid groups (broad SMARTS) is 1. The Morgan fingerprint density at radius 1 is 1.14 bits per heavy atom. The molecule has 0 saturated carbocycles. The highest BCUT2D eigenvalue weighted by atomic mass is 16.4. The first-order valence-corrected chi connectivity index (χ1v) is 6.85. The third-order valence-electron chi connectivity index (χ3n) is 3.16. The quantitative estimate of drug-likeness (QED) is 0.889. The minimum atomic E-state index is -0.949. The van der Waals surface area contributed by atoms with Crippen LogP contribution in [0.1, 0.15) is 42.4 Å². The first-order chi connectivity index (χ1) is 9.75. The van der Waals surface area contributed by atoms with Gasteiger partial charge in [0.05, 0.1) is 5.56 Å². The molecule has 0 aliphatic carbocycles. The number of anilines is 2. The number of pyridine rings is 1. The minimum absolute atomic E-state index is 0.213. The number of nitrogens with one attached hydrogen (secondary N) is 1. The van der Waals surface area contributed by atoms with Gasteiger partial charge in [-0.3, -0.25) is 0 Å². The number of aromatic carboxylic acids is 1. The Morgan fingerprint density at radius 2 is 1.76 bits per heavy atom. The summed E-state index contributed by atoms with van der Waals surface area (Å²) in [5.74, 6) is -0.404. The highest BCUT2D eigenvalue weighted by Crippen LogP contribution is 2.25. The molecule has 1 aromatic carbocycles. The van der Waals surface area contributed by atoms with Gasteiger partial charge in [-0.05, 0) is 31.2 Å². The van der Waals surface area contributed by atoms with Crippen molar-refractivity contribution in [2.75, 3.05) is 5.32 Å². The van der Waals surface area contributed by atoms with Gasteiger partial charge in [-0.15, -0.1) is 0 Å². The van der Waals surface area contributed by atoms with Crippen LogP contribution >= 0.6 is 0 Å². The summed E-state index contributed by atoms with van der Waals surface area (Å²) >= 11 is 0. The fourth-order valence-electron chi connectivity index (χ4n) is 1.89. The maximum absolute atomic E-state index is 11.3. The summed E-state index contributed by atoms with van der Waals surface area (Å²) in [6.07, 6.45) is 0. The van der Waals surface area contributed by atoms with Gasteiger partial charge >= 0.3 is 5.97 Å². The molecule has 0 atom stereocenters. The van der Waals surface area contributed by atoms with E-state index in [1.807, 2.05) is 52.0 Å². The molecule has 4 heteroatoms. The largest absolute Gasteiger partial charge is 0.478 e.